The maximum atomic E-state index is 12.6. The highest BCUT2D eigenvalue weighted by Gasteiger charge is 2.24. The van der Waals surface area contributed by atoms with Crippen LogP contribution in [-0.4, -0.2) is 14.5 Å². The number of sulfonamides is 1. The van der Waals surface area contributed by atoms with E-state index in [4.69, 9.17) is 0 Å². The SMILES string of the molecule is Cc1ccccc1NS(=O)(=O)c1ccsc1CNC1CC1. The van der Waals surface area contributed by atoms with Crippen molar-refractivity contribution in [3.8, 4) is 0 Å². The molecule has 1 fully saturated rings. The molecule has 0 aliphatic heterocycles. The fourth-order valence-corrected chi connectivity index (χ4v) is 4.64. The van der Waals surface area contributed by atoms with E-state index in [1.165, 1.54) is 24.2 Å². The van der Waals surface area contributed by atoms with Crippen LogP contribution in [0.2, 0.25) is 0 Å². The van der Waals surface area contributed by atoms with Crippen LogP contribution in [0.15, 0.2) is 40.6 Å². The minimum atomic E-state index is -3.53. The number of aryl methyl sites for hydroxylation is 1. The summed E-state index contributed by atoms with van der Waals surface area (Å²) in [6.45, 7) is 2.51. The van der Waals surface area contributed by atoms with Gasteiger partial charge in [0.15, 0.2) is 0 Å². The molecule has 1 aliphatic rings. The highest BCUT2D eigenvalue weighted by molar-refractivity contribution is 7.93. The summed E-state index contributed by atoms with van der Waals surface area (Å²) in [6, 6.07) is 9.63. The molecule has 0 bridgehead atoms. The first kappa shape index (κ1) is 14.6. The second-order valence-electron chi connectivity index (χ2n) is 5.28. The van der Waals surface area contributed by atoms with Crippen LogP contribution in [0.4, 0.5) is 5.69 Å². The lowest BCUT2D eigenvalue weighted by Crippen LogP contribution is -2.19. The molecule has 1 aliphatic carbocycles. The molecule has 3 rings (SSSR count). The van der Waals surface area contributed by atoms with Crippen LogP contribution < -0.4 is 10.0 Å². The monoisotopic (exact) mass is 322 g/mol. The Kier molecular flexibility index (Phi) is 4.01. The quantitative estimate of drug-likeness (QED) is 0.859. The summed E-state index contributed by atoms with van der Waals surface area (Å²) in [5, 5.41) is 5.19. The van der Waals surface area contributed by atoms with Crippen LogP contribution in [0.3, 0.4) is 0 Å². The zero-order valence-electron chi connectivity index (χ0n) is 11.8. The van der Waals surface area contributed by atoms with E-state index < -0.39 is 10.0 Å². The highest BCUT2D eigenvalue weighted by Crippen LogP contribution is 2.27. The zero-order valence-corrected chi connectivity index (χ0v) is 13.4. The van der Waals surface area contributed by atoms with Crippen LogP contribution in [0.25, 0.3) is 0 Å². The van der Waals surface area contributed by atoms with E-state index in [2.05, 4.69) is 10.0 Å². The van der Waals surface area contributed by atoms with Gasteiger partial charge in [-0.1, -0.05) is 18.2 Å². The molecule has 2 aromatic rings. The standard InChI is InChI=1S/C15H18N2O2S2/c1-11-4-2-3-5-13(11)17-21(18,19)15-8-9-20-14(15)10-16-12-6-7-12/h2-5,8-9,12,16-17H,6-7,10H2,1H3. The third kappa shape index (κ3) is 3.45. The summed E-state index contributed by atoms with van der Waals surface area (Å²) in [6.07, 6.45) is 2.38. The van der Waals surface area contributed by atoms with E-state index in [9.17, 15) is 8.42 Å². The summed E-state index contributed by atoms with van der Waals surface area (Å²) in [7, 11) is -3.53. The normalized spacial score (nSPS) is 15.1. The predicted octanol–water partition coefficient (Wildman–Crippen LogP) is 3.11. The van der Waals surface area contributed by atoms with Crippen molar-refractivity contribution in [2.24, 2.45) is 0 Å². The molecule has 1 saturated carbocycles. The van der Waals surface area contributed by atoms with Crippen molar-refractivity contribution in [3.63, 3.8) is 0 Å². The Morgan fingerprint density at radius 1 is 1.24 bits per heavy atom. The average molecular weight is 322 g/mol. The van der Waals surface area contributed by atoms with Gasteiger partial charge in [0, 0.05) is 17.5 Å². The van der Waals surface area contributed by atoms with E-state index in [0.29, 0.717) is 23.2 Å². The highest BCUT2D eigenvalue weighted by atomic mass is 32.2. The van der Waals surface area contributed by atoms with Gasteiger partial charge in [0.05, 0.1) is 5.69 Å². The number of thiophene rings is 1. The number of benzene rings is 1. The molecule has 112 valence electrons. The lowest BCUT2D eigenvalue weighted by Gasteiger charge is -2.11. The van der Waals surface area contributed by atoms with Crippen molar-refractivity contribution in [2.45, 2.75) is 37.2 Å². The van der Waals surface area contributed by atoms with Gasteiger partial charge in [-0.15, -0.1) is 11.3 Å². The molecule has 1 heterocycles. The molecule has 1 aromatic carbocycles. The van der Waals surface area contributed by atoms with Gasteiger partial charge in [-0.2, -0.15) is 0 Å². The van der Waals surface area contributed by atoms with Crippen molar-refractivity contribution in [1.29, 1.82) is 0 Å². The second kappa shape index (κ2) is 5.79. The Morgan fingerprint density at radius 3 is 2.71 bits per heavy atom. The summed E-state index contributed by atoms with van der Waals surface area (Å²) >= 11 is 1.48. The Labute approximate surface area is 129 Å². The largest absolute Gasteiger partial charge is 0.309 e. The molecular weight excluding hydrogens is 304 g/mol. The van der Waals surface area contributed by atoms with Gasteiger partial charge in [0.2, 0.25) is 0 Å². The fraction of sp³-hybridized carbons (Fsp3) is 0.333. The summed E-state index contributed by atoms with van der Waals surface area (Å²) in [4.78, 5) is 1.24. The molecule has 0 radical (unpaired) electrons. The summed E-state index contributed by atoms with van der Waals surface area (Å²) < 4.78 is 27.8. The van der Waals surface area contributed by atoms with E-state index in [-0.39, 0.29) is 0 Å². The van der Waals surface area contributed by atoms with E-state index in [1.54, 1.807) is 12.1 Å². The lowest BCUT2D eigenvalue weighted by atomic mass is 10.2. The predicted molar refractivity (Wildman–Crippen MR) is 86.2 cm³/mol. The maximum Gasteiger partial charge on any atom is 0.263 e. The molecule has 0 amide bonds. The number of para-hydroxylation sites is 1. The number of rotatable bonds is 6. The summed E-state index contributed by atoms with van der Waals surface area (Å²) in [5.41, 5.74) is 1.54. The van der Waals surface area contributed by atoms with Gasteiger partial charge < -0.3 is 5.32 Å². The first-order chi connectivity index (χ1) is 10.1. The Bertz CT molecular complexity index is 734. The number of anilines is 1. The fourth-order valence-electron chi connectivity index (χ4n) is 2.11. The van der Waals surface area contributed by atoms with E-state index in [0.717, 1.165) is 10.4 Å². The molecular formula is C15H18N2O2S2. The minimum absolute atomic E-state index is 0.379. The van der Waals surface area contributed by atoms with Crippen LogP contribution in [0, 0.1) is 6.92 Å². The summed E-state index contributed by atoms with van der Waals surface area (Å²) in [5.74, 6) is 0. The number of hydrogen-bond acceptors (Lipinski definition) is 4. The van der Waals surface area contributed by atoms with Gasteiger partial charge in [-0.25, -0.2) is 8.42 Å². The van der Waals surface area contributed by atoms with Gasteiger partial charge >= 0.3 is 0 Å². The molecule has 4 nitrogen and oxygen atoms in total. The van der Waals surface area contributed by atoms with Crippen molar-refractivity contribution in [3.05, 3.63) is 46.2 Å². The Balaban J connectivity index is 1.81. The smallest absolute Gasteiger partial charge is 0.263 e. The lowest BCUT2D eigenvalue weighted by molar-refractivity contribution is 0.599. The van der Waals surface area contributed by atoms with Crippen LogP contribution in [0.1, 0.15) is 23.3 Å². The zero-order chi connectivity index (χ0) is 14.9. The van der Waals surface area contributed by atoms with Gasteiger partial charge in [0.1, 0.15) is 4.90 Å². The third-order valence-electron chi connectivity index (χ3n) is 3.51. The molecule has 1 aromatic heterocycles. The van der Waals surface area contributed by atoms with Gasteiger partial charge in [-0.3, -0.25) is 4.72 Å². The van der Waals surface area contributed by atoms with Crippen molar-refractivity contribution < 1.29 is 8.42 Å². The molecule has 21 heavy (non-hydrogen) atoms. The van der Waals surface area contributed by atoms with Gasteiger partial charge in [-0.05, 0) is 42.8 Å². The van der Waals surface area contributed by atoms with E-state index in [1.807, 2.05) is 30.5 Å². The number of hydrogen-bond donors (Lipinski definition) is 2. The second-order valence-corrected chi connectivity index (χ2v) is 7.94. The first-order valence-corrected chi connectivity index (χ1v) is 9.31. The van der Waals surface area contributed by atoms with Crippen LogP contribution >= 0.6 is 11.3 Å². The number of nitrogens with one attached hydrogen (secondary N) is 2. The molecule has 0 atom stereocenters. The molecule has 0 spiro atoms. The third-order valence-corrected chi connectivity index (χ3v) is 6.01. The van der Waals surface area contributed by atoms with Crippen molar-refractivity contribution in [2.75, 3.05) is 4.72 Å². The molecule has 6 heteroatoms. The molecule has 0 saturated heterocycles. The van der Waals surface area contributed by atoms with Crippen molar-refractivity contribution >= 4 is 27.0 Å². The maximum absolute atomic E-state index is 12.6. The molecule has 2 N–H and O–H groups in total. The topological polar surface area (TPSA) is 58.2 Å². The minimum Gasteiger partial charge on any atom is -0.309 e. The molecule has 0 unspecified atom stereocenters. The Morgan fingerprint density at radius 2 is 2.00 bits per heavy atom. The first-order valence-electron chi connectivity index (χ1n) is 6.94. The van der Waals surface area contributed by atoms with Crippen LogP contribution in [0.5, 0.6) is 0 Å². The average Bonchev–Trinajstić information content (AvgIpc) is 3.15. The van der Waals surface area contributed by atoms with Crippen LogP contribution in [-0.2, 0) is 16.6 Å². The van der Waals surface area contributed by atoms with Crippen molar-refractivity contribution in [1.82, 2.24) is 5.32 Å². The Hall–Kier alpha value is -1.37. The van der Waals surface area contributed by atoms with Gasteiger partial charge in [0.25, 0.3) is 10.0 Å². The van der Waals surface area contributed by atoms with E-state index >= 15 is 0 Å².